The Labute approximate surface area is 67.4 Å². The molecule has 0 saturated heterocycles. The van der Waals surface area contributed by atoms with Gasteiger partial charge < -0.3 is 10.8 Å². The van der Waals surface area contributed by atoms with Crippen molar-refractivity contribution in [3.05, 3.63) is 23.8 Å². The zero-order chi connectivity index (χ0) is 8.27. The van der Waals surface area contributed by atoms with Crippen molar-refractivity contribution in [1.82, 2.24) is 0 Å². The summed E-state index contributed by atoms with van der Waals surface area (Å²) in [4.78, 5) is 0. The summed E-state index contributed by atoms with van der Waals surface area (Å²) in [5.74, 6) is 0. The van der Waals surface area contributed by atoms with E-state index in [1.54, 1.807) is 0 Å². The van der Waals surface area contributed by atoms with E-state index in [-0.39, 0.29) is 6.04 Å². The van der Waals surface area contributed by atoms with Crippen molar-refractivity contribution in [2.24, 2.45) is 5.73 Å². The number of rotatable bonds is 2. The van der Waals surface area contributed by atoms with Crippen molar-refractivity contribution in [2.75, 3.05) is 0 Å². The van der Waals surface area contributed by atoms with E-state index < -0.39 is 6.10 Å². The van der Waals surface area contributed by atoms with Crippen molar-refractivity contribution >= 4 is 0 Å². The third-order valence-corrected chi connectivity index (χ3v) is 1.86. The molecule has 0 saturated carbocycles. The summed E-state index contributed by atoms with van der Waals surface area (Å²) in [7, 11) is 0. The van der Waals surface area contributed by atoms with Crippen LogP contribution < -0.4 is 5.73 Å². The highest BCUT2D eigenvalue weighted by Gasteiger charge is 2.13. The Hall–Kier alpha value is -0.600. The van der Waals surface area contributed by atoms with Crippen LogP contribution in [0.1, 0.15) is 19.8 Å². The summed E-state index contributed by atoms with van der Waals surface area (Å²) >= 11 is 0. The number of allylic oxidation sites excluding steroid dienone is 2. The van der Waals surface area contributed by atoms with E-state index in [4.69, 9.17) is 5.73 Å². The van der Waals surface area contributed by atoms with Crippen LogP contribution in [0.5, 0.6) is 0 Å². The SMILES string of the molecule is CC(N)C(O)C1=CCCC=C1. The zero-order valence-corrected chi connectivity index (χ0v) is 6.83. The van der Waals surface area contributed by atoms with E-state index in [1.807, 2.05) is 19.1 Å². The molecule has 0 aliphatic heterocycles. The fraction of sp³-hybridized carbons (Fsp3) is 0.556. The van der Waals surface area contributed by atoms with E-state index in [1.165, 1.54) is 0 Å². The van der Waals surface area contributed by atoms with E-state index in [2.05, 4.69) is 6.08 Å². The molecule has 0 heterocycles. The molecule has 3 N–H and O–H groups in total. The van der Waals surface area contributed by atoms with E-state index in [0.717, 1.165) is 18.4 Å². The second kappa shape index (κ2) is 3.69. The zero-order valence-electron chi connectivity index (χ0n) is 6.83. The molecule has 0 aromatic rings. The van der Waals surface area contributed by atoms with Crippen LogP contribution in [-0.2, 0) is 0 Å². The molecule has 0 amide bonds. The lowest BCUT2D eigenvalue weighted by Crippen LogP contribution is -2.32. The van der Waals surface area contributed by atoms with Gasteiger partial charge in [-0.1, -0.05) is 18.2 Å². The normalized spacial score (nSPS) is 22.6. The Kier molecular flexibility index (Phi) is 2.85. The number of hydrogen-bond acceptors (Lipinski definition) is 2. The minimum absolute atomic E-state index is 0.177. The summed E-state index contributed by atoms with van der Waals surface area (Å²) in [5.41, 5.74) is 6.51. The fourth-order valence-corrected chi connectivity index (χ4v) is 1.16. The van der Waals surface area contributed by atoms with Gasteiger partial charge in [0.1, 0.15) is 0 Å². The first-order chi connectivity index (χ1) is 5.22. The van der Waals surface area contributed by atoms with Crippen LogP contribution in [0, 0.1) is 0 Å². The molecule has 11 heavy (non-hydrogen) atoms. The van der Waals surface area contributed by atoms with E-state index in [0.29, 0.717) is 0 Å². The van der Waals surface area contributed by atoms with Gasteiger partial charge >= 0.3 is 0 Å². The quantitative estimate of drug-likeness (QED) is 0.621. The highest BCUT2D eigenvalue weighted by atomic mass is 16.3. The fourth-order valence-electron chi connectivity index (χ4n) is 1.16. The lowest BCUT2D eigenvalue weighted by molar-refractivity contribution is 0.189. The van der Waals surface area contributed by atoms with Gasteiger partial charge in [0, 0.05) is 6.04 Å². The van der Waals surface area contributed by atoms with Gasteiger partial charge in [0.2, 0.25) is 0 Å². The third-order valence-electron chi connectivity index (χ3n) is 1.86. The van der Waals surface area contributed by atoms with Crippen LogP contribution in [0.25, 0.3) is 0 Å². The first kappa shape index (κ1) is 8.50. The highest BCUT2D eigenvalue weighted by molar-refractivity contribution is 5.26. The largest absolute Gasteiger partial charge is 0.387 e. The van der Waals surface area contributed by atoms with Gasteiger partial charge in [-0.25, -0.2) is 0 Å². The Bertz CT molecular complexity index is 182. The first-order valence-electron chi connectivity index (χ1n) is 4.02. The molecule has 0 bridgehead atoms. The molecule has 0 aromatic heterocycles. The second-order valence-corrected chi connectivity index (χ2v) is 2.99. The third kappa shape index (κ3) is 2.17. The van der Waals surface area contributed by atoms with E-state index >= 15 is 0 Å². The molecule has 0 radical (unpaired) electrons. The maximum Gasteiger partial charge on any atom is 0.0934 e. The minimum atomic E-state index is -0.494. The van der Waals surface area contributed by atoms with Crippen molar-refractivity contribution < 1.29 is 5.11 Å². The number of nitrogens with two attached hydrogens (primary N) is 1. The smallest absolute Gasteiger partial charge is 0.0934 e. The lowest BCUT2D eigenvalue weighted by atomic mass is 9.98. The molecule has 1 rings (SSSR count). The highest BCUT2D eigenvalue weighted by Crippen LogP contribution is 2.14. The predicted octanol–water partition coefficient (Wildman–Crippen LogP) is 0.971. The van der Waals surface area contributed by atoms with Crippen LogP contribution >= 0.6 is 0 Å². The molecule has 1 aliphatic rings. The van der Waals surface area contributed by atoms with Crippen molar-refractivity contribution in [3.8, 4) is 0 Å². The van der Waals surface area contributed by atoms with Gasteiger partial charge in [0.25, 0.3) is 0 Å². The number of aliphatic hydroxyl groups excluding tert-OH is 1. The molecular weight excluding hydrogens is 138 g/mol. The van der Waals surface area contributed by atoms with Gasteiger partial charge in [-0.3, -0.25) is 0 Å². The standard InChI is InChI=1S/C9H15NO/c1-7(10)9(11)8-5-3-2-4-6-8/h3,5-7,9,11H,2,4,10H2,1H3. The Morgan fingerprint density at radius 1 is 1.55 bits per heavy atom. The molecule has 0 aromatic carbocycles. The average Bonchev–Trinajstić information content (AvgIpc) is 2.05. The van der Waals surface area contributed by atoms with Crippen LogP contribution in [-0.4, -0.2) is 17.3 Å². The van der Waals surface area contributed by atoms with Crippen LogP contribution in [0.15, 0.2) is 23.8 Å². The van der Waals surface area contributed by atoms with Crippen LogP contribution in [0.4, 0.5) is 0 Å². The molecule has 2 atom stereocenters. The number of aliphatic hydroxyl groups is 1. The monoisotopic (exact) mass is 153 g/mol. The molecule has 0 spiro atoms. The van der Waals surface area contributed by atoms with Gasteiger partial charge in [-0.2, -0.15) is 0 Å². The molecule has 2 unspecified atom stereocenters. The summed E-state index contributed by atoms with van der Waals surface area (Å²) in [5, 5.41) is 9.51. The topological polar surface area (TPSA) is 46.2 Å². The first-order valence-corrected chi connectivity index (χ1v) is 4.02. The van der Waals surface area contributed by atoms with Crippen molar-refractivity contribution in [3.63, 3.8) is 0 Å². The number of hydrogen-bond donors (Lipinski definition) is 2. The van der Waals surface area contributed by atoms with Gasteiger partial charge in [0.15, 0.2) is 0 Å². The van der Waals surface area contributed by atoms with Crippen molar-refractivity contribution in [2.45, 2.75) is 31.9 Å². The predicted molar refractivity (Wildman–Crippen MR) is 46.1 cm³/mol. The molecule has 62 valence electrons. The summed E-state index contributed by atoms with van der Waals surface area (Å²) in [6.07, 6.45) is 7.68. The molecule has 2 nitrogen and oxygen atoms in total. The molecular formula is C9H15NO. The summed E-state index contributed by atoms with van der Waals surface area (Å²) in [6.45, 7) is 1.81. The van der Waals surface area contributed by atoms with Gasteiger partial charge in [0.05, 0.1) is 6.10 Å². The maximum atomic E-state index is 9.51. The second-order valence-electron chi connectivity index (χ2n) is 2.99. The molecule has 2 heteroatoms. The van der Waals surface area contributed by atoms with Crippen LogP contribution in [0.3, 0.4) is 0 Å². The summed E-state index contributed by atoms with van der Waals surface area (Å²) < 4.78 is 0. The van der Waals surface area contributed by atoms with Gasteiger partial charge in [-0.15, -0.1) is 0 Å². The summed E-state index contributed by atoms with van der Waals surface area (Å²) in [6, 6.07) is -0.177. The molecule has 1 aliphatic carbocycles. The van der Waals surface area contributed by atoms with Crippen molar-refractivity contribution in [1.29, 1.82) is 0 Å². The molecule has 0 fully saturated rings. The minimum Gasteiger partial charge on any atom is -0.387 e. The van der Waals surface area contributed by atoms with Crippen LogP contribution in [0.2, 0.25) is 0 Å². The Morgan fingerprint density at radius 3 is 2.73 bits per heavy atom. The Morgan fingerprint density at radius 2 is 2.27 bits per heavy atom. The average molecular weight is 153 g/mol. The maximum absolute atomic E-state index is 9.51. The Balaban J connectivity index is 2.59. The van der Waals surface area contributed by atoms with Gasteiger partial charge in [-0.05, 0) is 25.3 Å². The lowest BCUT2D eigenvalue weighted by Gasteiger charge is -2.17. The van der Waals surface area contributed by atoms with E-state index in [9.17, 15) is 5.11 Å².